The van der Waals surface area contributed by atoms with E-state index in [1.165, 1.54) is 12.5 Å². The molecule has 1 N–H and O–H groups in total. The predicted molar refractivity (Wildman–Crippen MR) is 123 cm³/mol. The van der Waals surface area contributed by atoms with Gasteiger partial charge in [-0.05, 0) is 65.0 Å². The molecule has 0 unspecified atom stereocenters. The smallest absolute Gasteiger partial charge is 0.280 e. The fourth-order valence-electron chi connectivity index (χ4n) is 3.20. The van der Waals surface area contributed by atoms with Gasteiger partial charge in [-0.3, -0.25) is 4.72 Å². The molecule has 3 aromatic heterocycles. The van der Waals surface area contributed by atoms with Crippen LogP contribution in [-0.4, -0.2) is 37.7 Å². The molecule has 0 fully saturated rings. The van der Waals surface area contributed by atoms with Crippen LogP contribution in [0.1, 0.15) is 37.1 Å². The number of hydrogen-bond acceptors (Lipinski definition) is 7. The molecule has 0 atom stereocenters. The number of aromatic nitrogens is 6. The van der Waals surface area contributed by atoms with Crippen LogP contribution in [-0.2, 0) is 10.0 Å². The van der Waals surface area contributed by atoms with E-state index in [1.54, 1.807) is 46.5 Å². The molecule has 0 radical (unpaired) electrons. The lowest BCUT2D eigenvalue weighted by atomic mass is 10.3. The lowest BCUT2D eigenvalue weighted by molar-refractivity contribution is 0.459. The highest BCUT2D eigenvalue weighted by Crippen LogP contribution is 2.24. The van der Waals surface area contributed by atoms with E-state index in [4.69, 9.17) is 4.74 Å². The van der Waals surface area contributed by atoms with E-state index in [9.17, 15) is 8.42 Å². The topological polar surface area (TPSA) is 117 Å². The van der Waals surface area contributed by atoms with Crippen LogP contribution >= 0.6 is 0 Å². The summed E-state index contributed by atoms with van der Waals surface area (Å²) in [7, 11) is -3.79. The molecule has 1 aromatic carbocycles. The van der Waals surface area contributed by atoms with Crippen LogP contribution in [0.25, 0.3) is 5.82 Å². The molecule has 172 valence electrons. The Labute approximate surface area is 192 Å². The molecular formula is C22H25N7O3S. The average molecular weight is 468 g/mol. The molecule has 0 aliphatic rings. The second kappa shape index (κ2) is 8.66. The third-order valence-electron chi connectivity index (χ3n) is 4.81. The quantitative estimate of drug-likeness (QED) is 0.437. The number of ether oxygens (including phenoxy) is 1. The van der Waals surface area contributed by atoms with E-state index >= 15 is 0 Å². The Morgan fingerprint density at radius 3 is 2.36 bits per heavy atom. The average Bonchev–Trinajstić information content (AvgIpc) is 3.36. The third-order valence-corrected chi connectivity index (χ3v) is 6.07. The molecule has 4 aromatic rings. The standard InChI is InChI=1S/C22H25N7O3S/c1-14(2)28-12-22(23-13-28)33(30,31)27-18-6-8-19(9-7-18)32-21-11-20(24-17(5)25-21)29-16(4)10-15(3)26-29/h6-14,27H,1-5H3. The van der Waals surface area contributed by atoms with E-state index in [2.05, 4.69) is 24.8 Å². The summed E-state index contributed by atoms with van der Waals surface area (Å²) in [5.74, 6) is 2.01. The molecule has 0 spiro atoms. The molecule has 0 bridgehead atoms. The van der Waals surface area contributed by atoms with Crippen molar-refractivity contribution in [3.63, 3.8) is 0 Å². The molecule has 0 aliphatic heterocycles. The van der Waals surface area contributed by atoms with Gasteiger partial charge in [0.25, 0.3) is 10.0 Å². The van der Waals surface area contributed by atoms with E-state index in [-0.39, 0.29) is 11.1 Å². The maximum absolute atomic E-state index is 12.6. The minimum Gasteiger partial charge on any atom is -0.439 e. The largest absolute Gasteiger partial charge is 0.439 e. The molecule has 33 heavy (non-hydrogen) atoms. The molecule has 10 nitrogen and oxygen atoms in total. The highest BCUT2D eigenvalue weighted by atomic mass is 32.2. The van der Waals surface area contributed by atoms with Gasteiger partial charge >= 0.3 is 0 Å². The van der Waals surface area contributed by atoms with Crippen LogP contribution in [0.2, 0.25) is 0 Å². The Bertz CT molecular complexity index is 1390. The Balaban J connectivity index is 1.50. The van der Waals surface area contributed by atoms with E-state index in [1.807, 2.05) is 33.8 Å². The summed E-state index contributed by atoms with van der Waals surface area (Å²) in [5.41, 5.74) is 2.23. The van der Waals surface area contributed by atoms with Crippen LogP contribution in [0, 0.1) is 20.8 Å². The lowest BCUT2D eigenvalue weighted by Crippen LogP contribution is -2.13. The van der Waals surface area contributed by atoms with Gasteiger partial charge in [0.1, 0.15) is 11.6 Å². The predicted octanol–water partition coefficient (Wildman–Crippen LogP) is 3.96. The van der Waals surface area contributed by atoms with Gasteiger partial charge in [-0.25, -0.2) is 14.6 Å². The van der Waals surface area contributed by atoms with Crippen LogP contribution in [0.3, 0.4) is 0 Å². The van der Waals surface area contributed by atoms with E-state index in [0.29, 0.717) is 29.0 Å². The summed E-state index contributed by atoms with van der Waals surface area (Å²) >= 11 is 0. The molecule has 0 saturated carbocycles. The van der Waals surface area contributed by atoms with Gasteiger partial charge in [-0.2, -0.15) is 18.5 Å². The maximum atomic E-state index is 12.6. The Hall–Kier alpha value is -3.73. The summed E-state index contributed by atoms with van der Waals surface area (Å²) in [6, 6.07) is 10.3. The number of sulfonamides is 1. The van der Waals surface area contributed by atoms with Gasteiger partial charge in [0.2, 0.25) is 5.88 Å². The third kappa shape index (κ3) is 5.03. The first kappa shape index (κ1) is 22.5. The van der Waals surface area contributed by atoms with Crippen molar-refractivity contribution in [2.24, 2.45) is 0 Å². The number of imidazole rings is 1. The van der Waals surface area contributed by atoms with Crippen molar-refractivity contribution in [3.05, 3.63) is 66.1 Å². The Kier molecular flexibility index (Phi) is 5.90. The number of hydrogen-bond donors (Lipinski definition) is 1. The summed E-state index contributed by atoms with van der Waals surface area (Å²) < 4.78 is 37.1. The monoisotopic (exact) mass is 467 g/mol. The number of nitrogens with one attached hydrogen (secondary N) is 1. The summed E-state index contributed by atoms with van der Waals surface area (Å²) in [4.78, 5) is 12.8. The van der Waals surface area contributed by atoms with Gasteiger partial charge in [0, 0.05) is 29.7 Å². The summed E-state index contributed by atoms with van der Waals surface area (Å²) in [5, 5.41) is 4.41. The Morgan fingerprint density at radius 2 is 1.76 bits per heavy atom. The van der Waals surface area contributed by atoms with Crippen LogP contribution in [0.4, 0.5) is 5.69 Å². The van der Waals surface area contributed by atoms with Crippen molar-refractivity contribution < 1.29 is 13.2 Å². The van der Waals surface area contributed by atoms with Crippen LogP contribution in [0.15, 0.2) is 53.9 Å². The minimum atomic E-state index is -3.79. The summed E-state index contributed by atoms with van der Waals surface area (Å²) in [6.45, 7) is 9.54. The van der Waals surface area contributed by atoms with Crippen LogP contribution < -0.4 is 9.46 Å². The maximum Gasteiger partial charge on any atom is 0.280 e. The highest BCUT2D eigenvalue weighted by molar-refractivity contribution is 7.92. The SMILES string of the molecule is Cc1cc(C)n(-c2cc(Oc3ccc(NS(=O)(=O)c4cn(C(C)C)cn4)cc3)nc(C)n2)n1. The van der Waals surface area contributed by atoms with E-state index < -0.39 is 10.0 Å². The van der Waals surface area contributed by atoms with Crippen molar-refractivity contribution in [1.29, 1.82) is 0 Å². The number of aryl methyl sites for hydroxylation is 3. The second-order valence-corrected chi connectivity index (χ2v) is 9.56. The van der Waals surface area contributed by atoms with Gasteiger partial charge in [0.15, 0.2) is 10.8 Å². The molecule has 3 heterocycles. The molecular weight excluding hydrogens is 442 g/mol. The normalized spacial score (nSPS) is 11.7. The first-order valence-corrected chi connectivity index (χ1v) is 11.8. The second-order valence-electron chi connectivity index (χ2n) is 7.94. The highest BCUT2D eigenvalue weighted by Gasteiger charge is 2.18. The van der Waals surface area contributed by atoms with Crippen molar-refractivity contribution in [1.82, 2.24) is 29.3 Å². The lowest BCUT2D eigenvalue weighted by Gasteiger charge is -2.10. The first-order valence-electron chi connectivity index (χ1n) is 10.3. The number of anilines is 1. The van der Waals surface area contributed by atoms with Crippen LogP contribution in [0.5, 0.6) is 11.6 Å². The van der Waals surface area contributed by atoms with Gasteiger partial charge in [-0.15, -0.1) is 0 Å². The summed E-state index contributed by atoms with van der Waals surface area (Å²) in [6.07, 6.45) is 3.00. The fourth-order valence-corrected chi connectivity index (χ4v) is 4.20. The molecule has 11 heteroatoms. The molecule has 0 saturated heterocycles. The Morgan fingerprint density at radius 1 is 1.03 bits per heavy atom. The van der Waals surface area contributed by atoms with Crippen molar-refractivity contribution >= 4 is 15.7 Å². The zero-order chi connectivity index (χ0) is 23.8. The van der Waals surface area contributed by atoms with E-state index in [0.717, 1.165) is 11.4 Å². The number of benzene rings is 1. The zero-order valence-electron chi connectivity index (χ0n) is 19.0. The molecule has 4 rings (SSSR count). The van der Waals surface area contributed by atoms with Gasteiger partial charge < -0.3 is 9.30 Å². The minimum absolute atomic E-state index is 0.0373. The van der Waals surface area contributed by atoms with Gasteiger partial charge in [0.05, 0.1) is 12.0 Å². The molecule has 0 amide bonds. The number of rotatable bonds is 7. The number of nitrogens with zero attached hydrogens (tertiary/aromatic N) is 6. The van der Waals surface area contributed by atoms with Crippen molar-refractivity contribution in [3.8, 4) is 17.4 Å². The fraction of sp³-hybridized carbons (Fsp3) is 0.273. The zero-order valence-corrected chi connectivity index (χ0v) is 19.8. The van der Waals surface area contributed by atoms with Crippen molar-refractivity contribution in [2.75, 3.05) is 4.72 Å². The molecule has 0 aliphatic carbocycles. The van der Waals surface area contributed by atoms with Crippen molar-refractivity contribution in [2.45, 2.75) is 45.7 Å². The first-order chi connectivity index (χ1) is 15.6. The van der Waals surface area contributed by atoms with Gasteiger partial charge in [-0.1, -0.05) is 0 Å².